The molecular weight excluding hydrogens is 263 g/mol. The molecule has 1 aromatic rings. The van der Waals surface area contributed by atoms with E-state index in [1.807, 2.05) is 0 Å². The van der Waals surface area contributed by atoms with Crippen LogP contribution in [0.25, 0.3) is 0 Å². The molecule has 0 aliphatic carbocycles. The standard InChI is InChI=1S/C8H7BrF3NO/c1-2-14-7-5(9)3-4-6(13-7)8(10,11)12/h3-4H,2H2,1H3. The van der Waals surface area contributed by atoms with Gasteiger partial charge in [0, 0.05) is 0 Å². The van der Waals surface area contributed by atoms with Crippen molar-refractivity contribution >= 4 is 15.9 Å². The van der Waals surface area contributed by atoms with E-state index in [0.717, 1.165) is 6.07 Å². The normalized spacial score (nSPS) is 11.5. The highest BCUT2D eigenvalue weighted by molar-refractivity contribution is 9.10. The van der Waals surface area contributed by atoms with E-state index in [0.29, 0.717) is 4.47 Å². The van der Waals surface area contributed by atoms with Gasteiger partial charge in [0.1, 0.15) is 5.69 Å². The summed E-state index contributed by atoms with van der Waals surface area (Å²) in [4.78, 5) is 3.34. The largest absolute Gasteiger partial charge is 0.477 e. The minimum absolute atomic E-state index is 0.0395. The van der Waals surface area contributed by atoms with Crippen LogP contribution in [0.3, 0.4) is 0 Å². The minimum atomic E-state index is -4.44. The van der Waals surface area contributed by atoms with E-state index in [-0.39, 0.29) is 12.5 Å². The number of halogens is 4. The third kappa shape index (κ3) is 2.60. The Morgan fingerprint density at radius 2 is 2.07 bits per heavy atom. The fourth-order valence-corrected chi connectivity index (χ4v) is 1.15. The summed E-state index contributed by atoms with van der Waals surface area (Å²) in [5.74, 6) is -0.0395. The molecule has 0 unspecified atom stereocenters. The lowest BCUT2D eigenvalue weighted by Crippen LogP contribution is -2.09. The maximum atomic E-state index is 12.2. The SMILES string of the molecule is CCOc1nc(C(F)(F)F)ccc1Br. The van der Waals surface area contributed by atoms with Crippen LogP contribution < -0.4 is 4.74 Å². The second kappa shape index (κ2) is 4.16. The van der Waals surface area contributed by atoms with E-state index < -0.39 is 11.9 Å². The van der Waals surface area contributed by atoms with Crippen LogP contribution in [0.4, 0.5) is 13.2 Å². The van der Waals surface area contributed by atoms with Crippen LogP contribution in [-0.4, -0.2) is 11.6 Å². The molecule has 0 atom stereocenters. The van der Waals surface area contributed by atoms with Crippen LogP contribution in [0.5, 0.6) is 5.88 Å². The summed E-state index contributed by atoms with van der Waals surface area (Å²) in [5.41, 5.74) is -0.954. The summed E-state index contributed by atoms with van der Waals surface area (Å²) < 4.78 is 41.9. The molecule has 0 amide bonds. The summed E-state index contributed by atoms with van der Waals surface area (Å²) in [6, 6.07) is 2.16. The number of aromatic nitrogens is 1. The zero-order chi connectivity index (χ0) is 10.8. The van der Waals surface area contributed by atoms with Crippen LogP contribution >= 0.6 is 15.9 Å². The van der Waals surface area contributed by atoms with Gasteiger partial charge in [-0.2, -0.15) is 13.2 Å². The Bertz CT molecular complexity index is 327. The van der Waals surface area contributed by atoms with E-state index in [1.165, 1.54) is 6.07 Å². The maximum absolute atomic E-state index is 12.2. The summed E-state index contributed by atoms with van der Waals surface area (Å²) >= 11 is 3.04. The van der Waals surface area contributed by atoms with Crippen LogP contribution in [0, 0.1) is 0 Å². The Balaban J connectivity index is 3.06. The lowest BCUT2D eigenvalue weighted by Gasteiger charge is -2.09. The molecular formula is C8H7BrF3NO. The number of hydrogen-bond acceptors (Lipinski definition) is 2. The van der Waals surface area contributed by atoms with Crippen LogP contribution in [-0.2, 0) is 6.18 Å². The monoisotopic (exact) mass is 269 g/mol. The molecule has 0 fully saturated rings. The molecule has 2 nitrogen and oxygen atoms in total. The average Bonchev–Trinajstić information content (AvgIpc) is 2.07. The second-order valence-electron chi connectivity index (χ2n) is 2.41. The van der Waals surface area contributed by atoms with Gasteiger partial charge in [-0.25, -0.2) is 4.98 Å². The topological polar surface area (TPSA) is 22.1 Å². The predicted molar refractivity (Wildman–Crippen MR) is 48.1 cm³/mol. The Kier molecular flexibility index (Phi) is 3.36. The van der Waals surface area contributed by atoms with Crippen LogP contribution in [0.1, 0.15) is 12.6 Å². The third-order valence-corrected chi connectivity index (χ3v) is 1.99. The van der Waals surface area contributed by atoms with E-state index in [4.69, 9.17) is 4.74 Å². The fourth-order valence-electron chi connectivity index (χ4n) is 0.819. The molecule has 78 valence electrons. The minimum Gasteiger partial charge on any atom is -0.477 e. The van der Waals surface area contributed by atoms with Crippen LogP contribution in [0.15, 0.2) is 16.6 Å². The van der Waals surface area contributed by atoms with Gasteiger partial charge in [0.25, 0.3) is 0 Å². The highest BCUT2D eigenvalue weighted by atomic mass is 79.9. The Morgan fingerprint density at radius 1 is 1.43 bits per heavy atom. The van der Waals surface area contributed by atoms with Crippen molar-refractivity contribution < 1.29 is 17.9 Å². The van der Waals surface area contributed by atoms with Gasteiger partial charge in [-0.05, 0) is 35.0 Å². The lowest BCUT2D eigenvalue weighted by atomic mass is 10.3. The van der Waals surface area contributed by atoms with Crippen molar-refractivity contribution in [2.75, 3.05) is 6.61 Å². The number of hydrogen-bond donors (Lipinski definition) is 0. The first-order valence-electron chi connectivity index (χ1n) is 3.81. The van der Waals surface area contributed by atoms with Crippen molar-refractivity contribution in [1.29, 1.82) is 0 Å². The second-order valence-corrected chi connectivity index (χ2v) is 3.27. The fraction of sp³-hybridized carbons (Fsp3) is 0.375. The molecule has 0 saturated carbocycles. The summed E-state index contributed by atoms with van der Waals surface area (Å²) in [6.45, 7) is 1.95. The predicted octanol–water partition coefficient (Wildman–Crippen LogP) is 3.26. The van der Waals surface area contributed by atoms with Gasteiger partial charge in [0.05, 0.1) is 11.1 Å². The Hall–Kier alpha value is -0.780. The van der Waals surface area contributed by atoms with Crippen molar-refractivity contribution in [2.45, 2.75) is 13.1 Å². The molecule has 1 rings (SSSR count). The zero-order valence-electron chi connectivity index (χ0n) is 7.23. The van der Waals surface area contributed by atoms with E-state index in [9.17, 15) is 13.2 Å². The highest BCUT2D eigenvalue weighted by Gasteiger charge is 2.33. The van der Waals surface area contributed by atoms with E-state index in [1.54, 1.807) is 6.92 Å². The molecule has 0 bridgehead atoms. The molecule has 1 aromatic heterocycles. The molecule has 0 saturated heterocycles. The number of pyridine rings is 1. The van der Waals surface area contributed by atoms with E-state index >= 15 is 0 Å². The third-order valence-electron chi connectivity index (χ3n) is 1.39. The Labute approximate surface area is 87.2 Å². The van der Waals surface area contributed by atoms with Gasteiger partial charge in [-0.1, -0.05) is 0 Å². The van der Waals surface area contributed by atoms with Gasteiger partial charge in [-0.15, -0.1) is 0 Å². The molecule has 6 heteroatoms. The van der Waals surface area contributed by atoms with Gasteiger partial charge >= 0.3 is 6.18 Å². The van der Waals surface area contributed by atoms with Crippen molar-refractivity contribution in [3.05, 3.63) is 22.3 Å². The van der Waals surface area contributed by atoms with Crippen molar-refractivity contribution in [3.63, 3.8) is 0 Å². The number of rotatable bonds is 2. The molecule has 0 radical (unpaired) electrons. The molecule has 1 heterocycles. The first-order valence-corrected chi connectivity index (χ1v) is 4.61. The molecule has 0 aliphatic heterocycles. The van der Waals surface area contributed by atoms with Crippen molar-refractivity contribution in [2.24, 2.45) is 0 Å². The molecule has 14 heavy (non-hydrogen) atoms. The number of ether oxygens (including phenoxy) is 1. The van der Waals surface area contributed by atoms with E-state index in [2.05, 4.69) is 20.9 Å². The molecule has 0 spiro atoms. The van der Waals surface area contributed by atoms with Crippen molar-refractivity contribution in [3.8, 4) is 5.88 Å². The zero-order valence-corrected chi connectivity index (χ0v) is 8.82. The number of nitrogens with zero attached hydrogens (tertiary/aromatic N) is 1. The number of alkyl halides is 3. The van der Waals surface area contributed by atoms with Gasteiger partial charge < -0.3 is 4.74 Å². The summed E-state index contributed by atoms with van der Waals surface area (Å²) in [7, 11) is 0. The van der Waals surface area contributed by atoms with Gasteiger partial charge in [-0.3, -0.25) is 0 Å². The average molecular weight is 270 g/mol. The van der Waals surface area contributed by atoms with Crippen LogP contribution in [0.2, 0.25) is 0 Å². The maximum Gasteiger partial charge on any atom is 0.433 e. The Morgan fingerprint density at radius 3 is 2.57 bits per heavy atom. The molecule has 0 aromatic carbocycles. The summed E-state index contributed by atoms with van der Waals surface area (Å²) in [5, 5.41) is 0. The molecule has 0 aliphatic rings. The quantitative estimate of drug-likeness (QED) is 0.822. The first kappa shape index (κ1) is 11.3. The lowest BCUT2D eigenvalue weighted by molar-refractivity contribution is -0.141. The first-order chi connectivity index (χ1) is 6.45. The van der Waals surface area contributed by atoms with Gasteiger partial charge in [0.2, 0.25) is 5.88 Å². The highest BCUT2D eigenvalue weighted by Crippen LogP contribution is 2.31. The van der Waals surface area contributed by atoms with Gasteiger partial charge in [0.15, 0.2) is 0 Å². The molecule has 0 N–H and O–H groups in total. The van der Waals surface area contributed by atoms with Crippen molar-refractivity contribution in [1.82, 2.24) is 4.98 Å². The smallest absolute Gasteiger partial charge is 0.433 e. The summed E-state index contributed by atoms with van der Waals surface area (Å²) in [6.07, 6.45) is -4.44.